The van der Waals surface area contributed by atoms with Gasteiger partial charge in [-0.25, -0.2) is 0 Å². The standard InChI is InChI=1S/C22H27N3O4/c1-17-14-20(25(27)28)8-9-21(17)22(26)24(16-19-6-4-3-5-7-19)18(2)15-23-10-12-29-13-11-23/h3-9,14,18H,10-13,15-16H2,1-2H3. The molecule has 0 N–H and O–H groups in total. The number of rotatable bonds is 7. The highest BCUT2D eigenvalue weighted by atomic mass is 16.6. The number of benzene rings is 2. The molecule has 0 radical (unpaired) electrons. The van der Waals surface area contributed by atoms with E-state index in [9.17, 15) is 14.9 Å². The summed E-state index contributed by atoms with van der Waals surface area (Å²) in [4.78, 5) is 28.2. The molecule has 0 aromatic heterocycles. The first-order valence-electron chi connectivity index (χ1n) is 9.85. The minimum absolute atomic E-state index is 0.00461. The maximum atomic E-state index is 13.4. The van der Waals surface area contributed by atoms with E-state index in [0.717, 1.165) is 25.2 Å². The Morgan fingerprint density at radius 3 is 2.52 bits per heavy atom. The molecule has 7 heteroatoms. The van der Waals surface area contributed by atoms with E-state index in [1.807, 2.05) is 35.2 Å². The average Bonchev–Trinajstić information content (AvgIpc) is 2.73. The van der Waals surface area contributed by atoms with Crippen LogP contribution in [0.1, 0.15) is 28.4 Å². The highest BCUT2D eigenvalue weighted by molar-refractivity contribution is 5.96. The molecule has 1 amide bonds. The van der Waals surface area contributed by atoms with Crippen LogP contribution in [0.4, 0.5) is 5.69 Å². The number of morpholine rings is 1. The van der Waals surface area contributed by atoms with Crippen LogP contribution in [0.3, 0.4) is 0 Å². The van der Waals surface area contributed by atoms with Crippen LogP contribution < -0.4 is 0 Å². The van der Waals surface area contributed by atoms with Gasteiger partial charge in [0.1, 0.15) is 0 Å². The van der Waals surface area contributed by atoms with Crippen LogP contribution in [0.5, 0.6) is 0 Å². The van der Waals surface area contributed by atoms with Crippen LogP contribution >= 0.6 is 0 Å². The van der Waals surface area contributed by atoms with Gasteiger partial charge < -0.3 is 9.64 Å². The zero-order valence-electron chi connectivity index (χ0n) is 16.9. The maximum absolute atomic E-state index is 13.4. The van der Waals surface area contributed by atoms with E-state index in [4.69, 9.17) is 4.74 Å². The van der Waals surface area contributed by atoms with Crippen molar-refractivity contribution in [2.24, 2.45) is 0 Å². The van der Waals surface area contributed by atoms with Crippen molar-refractivity contribution < 1.29 is 14.5 Å². The Kier molecular flexibility index (Phi) is 6.95. The topological polar surface area (TPSA) is 75.9 Å². The Bertz CT molecular complexity index is 850. The van der Waals surface area contributed by atoms with Crippen molar-refractivity contribution in [2.45, 2.75) is 26.4 Å². The summed E-state index contributed by atoms with van der Waals surface area (Å²) >= 11 is 0. The van der Waals surface area contributed by atoms with Gasteiger partial charge in [-0.05, 0) is 31.0 Å². The monoisotopic (exact) mass is 397 g/mol. The summed E-state index contributed by atoms with van der Waals surface area (Å²) in [6.07, 6.45) is 0. The van der Waals surface area contributed by atoms with Gasteiger partial charge in [0.15, 0.2) is 0 Å². The summed E-state index contributed by atoms with van der Waals surface area (Å²) in [5.41, 5.74) is 2.16. The van der Waals surface area contributed by atoms with Crippen molar-refractivity contribution in [3.8, 4) is 0 Å². The predicted molar refractivity (Wildman–Crippen MR) is 111 cm³/mol. The number of hydrogen-bond acceptors (Lipinski definition) is 5. The number of non-ortho nitro benzene ring substituents is 1. The Morgan fingerprint density at radius 1 is 1.21 bits per heavy atom. The largest absolute Gasteiger partial charge is 0.379 e. The second-order valence-electron chi connectivity index (χ2n) is 7.44. The molecular weight excluding hydrogens is 370 g/mol. The van der Waals surface area contributed by atoms with Crippen molar-refractivity contribution in [1.82, 2.24) is 9.80 Å². The van der Waals surface area contributed by atoms with Crippen molar-refractivity contribution in [3.63, 3.8) is 0 Å². The third-order valence-corrected chi connectivity index (χ3v) is 5.27. The van der Waals surface area contributed by atoms with E-state index in [2.05, 4.69) is 11.8 Å². The number of amides is 1. The summed E-state index contributed by atoms with van der Waals surface area (Å²) in [6, 6.07) is 14.3. The molecule has 2 aromatic rings. The van der Waals surface area contributed by atoms with Gasteiger partial charge in [0.05, 0.1) is 18.1 Å². The second kappa shape index (κ2) is 9.62. The van der Waals surface area contributed by atoms with Gasteiger partial charge >= 0.3 is 0 Å². The Balaban J connectivity index is 1.84. The normalized spacial score (nSPS) is 15.7. The number of ether oxygens (including phenoxy) is 1. The molecule has 2 aromatic carbocycles. The molecule has 1 aliphatic rings. The van der Waals surface area contributed by atoms with Crippen LogP contribution in [0.25, 0.3) is 0 Å². The zero-order valence-corrected chi connectivity index (χ0v) is 16.9. The number of nitrogens with zero attached hydrogens (tertiary/aromatic N) is 3. The lowest BCUT2D eigenvalue weighted by atomic mass is 10.0. The molecule has 0 bridgehead atoms. The molecule has 7 nitrogen and oxygen atoms in total. The van der Waals surface area contributed by atoms with Crippen LogP contribution in [0, 0.1) is 17.0 Å². The van der Waals surface area contributed by atoms with Gasteiger partial charge in [0.25, 0.3) is 11.6 Å². The molecule has 0 spiro atoms. The fraction of sp³-hybridized carbons (Fsp3) is 0.409. The average molecular weight is 397 g/mol. The minimum atomic E-state index is -0.440. The first kappa shape index (κ1) is 21.0. The predicted octanol–water partition coefficient (Wildman–Crippen LogP) is 3.27. The molecule has 1 heterocycles. The highest BCUT2D eigenvalue weighted by Gasteiger charge is 2.26. The van der Waals surface area contributed by atoms with Crippen molar-refractivity contribution in [3.05, 3.63) is 75.3 Å². The van der Waals surface area contributed by atoms with Crippen LogP contribution in [-0.4, -0.2) is 59.5 Å². The summed E-state index contributed by atoms with van der Waals surface area (Å²) in [7, 11) is 0. The molecular formula is C22H27N3O4. The van der Waals surface area contributed by atoms with Crippen LogP contribution in [0.2, 0.25) is 0 Å². The molecule has 1 aliphatic heterocycles. The highest BCUT2D eigenvalue weighted by Crippen LogP contribution is 2.21. The summed E-state index contributed by atoms with van der Waals surface area (Å²) in [5, 5.41) is 11.0. The molecule has 1 unspecified atom stereocenters. The van der Waals surface area contributed by atoms with Crippen LogP contribution in [-0.2, 0) is 11.3 Å². The van der Waals surface area contributed by atoms with Gasteiger partial charge in [-0.1, -0.05) is 30.3 Å². The molecule has 3 rings (SSSR count). The van der Waals surface area contributed by atoms with Gasteiger partial charge in [-0.2, -0.15) is 0 Å². The van der Waals surface area contributed by atoms with Gasteiger partial charge in [-0.15, -0.1) is 0 Å². The van der Waals surface area contributed by atoms with Crippen LogP contribution in [0.15, 0.2) is 48.5 Å². The summed E-state index contributed by atoms with van der Waals surface area (Å²) < 4.78 is 5.42. The Hall–Kier alpha value is -2.77. The molecule has 0 aliphatic carbocycles. The molecule has 1 saturated heterocycles. The van der Waals surface area contributed by atoms with Crippen molar-refractivity contribution >= 4 is 11.6 Å². The molecule has 0 saturated carbocycles. The SMILES string of the molecule is Cc1cc([N+](=O)[O-])ccc1C(=O)N(Cc1ccccc1)C(C)CN1CCOCC1. The molecule has 1 atom stereocenters. The Morgan fingerprint density at radius 2 is 1.90 bits per heavy atom. The quantitative estimate of drug-likeness (QED) is 0.529. The van der Waals surface area contributed by atoms with Crippen molar-refractivity contribution in [2.75, 3.05) is 32.8 Å². The number of nitro benzene ring substituents is 1. The van der Waals surface area contributed by atoms with Gasteiger partial charge in [-0.3, -0.25) is 19.8 Å². The van der Waals surface area contributed by atoms with Gasteiger partial charge in [0, 0.05) is 49.9 Å². The zero-order chi connectivity index (χ0) is 20.8. The van der Waals surface area contributed by atoms with E-state index in [1.54, 1.807) is 13.0 Å². The number of carbonyl (C=O) groups is 1. The number of carbonyl (C=O) groups excluding carboxylic acids is 1. The smallest absolute Gasteiger partial charge is 0.269 e. The third-order valence-electron chi connectivity index (χ3n) is 5.27. The van der Waals surface area contributed by atoms with E-state index in [1.165, 1.54) is 12.1 Å². The first-order chi connectivity index (χ1) is 14.0. The fourth-order valence-corrected chi connectivity index (χ4v) is 3.62. The summed E-state index contributed by atoms with van der Waals surface area (Å²) in [5.74, 6) is -0.109. The first-order valence-corrected chi connectivity index (χ1v) is 9.85. The molecule has 154 valence electrons. The lowest BCUT2D eigenvalue weighted by Gasteiger charge is -2.35. The fourth-order valence-electron chi connectivity index (χ4n) is 3.62. The van der Waals surface area contributed by atoms with E-state index >= 15 is 0 Å². The summed E-state index contributed by atoms with van der Waals surface area (Å²) in [6.45, 7) is 8.17. The molecule has 29 heavy (non-hydrogen) atoms. The number of aryl methyl sites for hydroxylation is 1. The number of hydrogen-bond donors (Lipinski definition) is 0. The van der Waals surface area contributed by atoms with E-state index in [0.29, 0.717) is 30.9 Å². The Labute approximate surface area is 171 Å². The van der Waals surface area contributed by atoms with E-state index < -0.39 is 4.92 Å². The molecule has 1 fully saturated rings. The maximum Gasteiger partial charge on any atom is 0.269 e. The van der Waals surface area contributed by atoms with Crippen molar-refractivity contribution in [1.29, 1.82) is 0 Å². The van der Waals surface area contributed by atoms with Gasteiger partial charge in [0.2, 0.25) is 0 Å². The lowest BCUT2D eigenvalue weighted by molar-refractivity contribution is -0.384. The third kappa shape index (κ3) is 5.40. The lowest BCUT2D eigenvalue weighted by Crippen LogP contribution is -2.48. The minimum Gasteiger partial charge on any atom is -0.379 e. The van der Waals surface area contributed by atoms with E-state index in [-0.39, 0.29) is 17.6 Å². The number of nitro groups is 1. The second-order valence-corrected chi connectivity index (χ2v) is 7.44.